The number of hydrogen-bond donors (Lipinski definition) is 1. The zero-order valence-electron chi connectivity index (χ0n) is 16.8. The molecule has 1 aliphatic rings. The number of anilines is 1. The van der Waals surface area contributed by atoms with Gasteiger partial charge in [0.1, 0.15) is 11.9 Å². The number of halogens is 2. The van der Waals surface area contributed by atoms with E-state index in [9.17, 15) is 0 Å². The fourth-order valence-electron chi connectivity index (χ4n) is 3.02. The minimum atomic E-state index is -0.0499. The van der Waals surface area contributed by atoms with E-state index in [1.54, 1.807) is 12.4 Å². The average molecular weight is 531 g/mol. The topological polar surface area (TPSA) is 65.9 Å². The predicted octanol–water partition coefficient (Wildman–Crippen LogP) is 3.30. The van der Waals surface area contributed by atoms with E-state index in [1.807, 2.05) is 37.3 Å². The van der Waals surface area contributed by atoms with Crippen LogP contribution in [0, 0.1) is 0 Å². The van der Waals surface area contributed by atoms with Crippen LogP contribution in [0.2, 0.25) is 5.02 Å². The summed E-state index contributed by atoms with van der Waals surface area (Å²) in [7, 11) is 0. The first-order chi connectivity index (χ1) is 13.7. The molecule has 29 heavy (non-hydrogen) atoms. The van der Waals surface area contributed by atoms with Crippen molar-refractivity contribution in [1.29, 1.82) is 0 Å². The molecule has 0 bridgehead atoms. The average Bonchev–Trinajstić information content (AvgIpc) is 2.72. The first-order valence-electron chi connectivity index (χ1n) is 9.63. The number of rotatable bonds is 6. The van der Waals surface area contributed by atoms with Crippen LogP contribution >= 0.6 is 35.6 Å². The van der Waals surface area contributed by atoms with Crippen molar-refractivity contribution in [3.8, 4) is 5.75 Å². The number of hydrogen-bond acceptors (Lipinski definition) is 5. The molecule has 0 saturated carbocycles. The van der Waals surface area contributed by atoms with E-state index in [0.29, 0.717) is 11.6 Å². The second-order valence-electron chi connectivity index (χ2n) is 6.60. The van der Waals surface area contributed by atoms with Gasteiger partial charge in [-0.15, -0.1) is 24.0 Å². The zero-order valence-corrected chi connectivity index (χ0v) is 19.9. The molecular formula is C20H28ClIN6O. The van der Waals surface area contributed by atoms with Crippen molar-refractivity contribution >= 4 is 47.5 Å². The van der Waals surface area contributed by atoms with Crippen LogP contribution in [0.4, 0.5) is 5.95 Å². The minimum Gasteiger partial charge on any atom is -0.489 e. The molecule has 1 aliphatic heterocycles. The first-order valence-corrected chi connectivity index (χ1v) is 10.0. The third-order valence-corrected chi connectivity index (χ3v) is 4.62. The van der Waals surface area contributed by atoms with E-state index in [1.165, 1.54) is 0 Å². The van der Waals surface area contributed by atoms with Crippen molar-refractivity contribution in [3.63, 3.8) is 0 Å². The smallest absolute Gasteiger partial charge is 0.225 e. The van der Waals surface area contributed by atoms with Gasteiger partial charge in [0.15, 0.2) is 5.96 Å². The molecule has 158 valence electrons. The highest BCUT2D eigenvalue weighted by atomic mass is 127. The van der Waals surface area contributed by atoms with Crippen molar-refractivity contribution in [2.24, 2.45) is 4.99 Å². The van der Waals surface area contributed by atoms with Crippen LogP contribution in [-0.2, 0) is 0 Å². The van der Waals surface area contributed by atoms with Gasteiger partial charge in [-0.3, -0.25) is 0 Å². The molecular weight excluding hydrogens is 503 g/mol. The highest BCUT2D eigenvalue weighted by Gasteiger charge is 2.21. The van der Waals surface area contributed by atoms with Gasteiger partial charge < -0.3 is 19.9 Å². The molecule has 1 atom stereocenters. The molecule has 1 aromatic carbocycles. The van der Waals surface area contributed by atoms with Crippen molar-refractivity contribution in [1.82, 2.24) is 20.2 Å². The van der Waals surface area contributed by atoms with Crippen LogP contribution in [0.5, 0.6) is 5.75 Å². The summed E-state index contributed by atoms with van der Waals surface area (Å²) in [6.45, 7) is 8.95. The highest BCUT2D eigenvalue weighted by molar-refractivity contribution is 14.0. The monoisotopic (exact) mass is 530 g/mol. The lowest BCUT2D eigenvalue weighted by Gasteiger charge is -2.36. The van der Waals surface area contributed by atoms with E-state index in [0.717, 1.165) is 50.4 Å². The largest absolute Gasteiger partial charge is 0.489 e. The van der Waals surface area contributed by atoms with Gasteiger partial charge in [0, 0.05) is 50.1 Å². The van der Waals surface area contributed by atoms with Gasteiger partial charge in [-0.2, -0.15) is 0 Å². The van der Waals surface area contributed by atoms with Gasteiger partial charge in [0.05, 0.1) is 6.54 Å². The highest BCUT2D eigenvalue weighted by Crippen LogP contribution is 2.18. The third kappa shape index (κ3) is 7.18. The molecule has 9 heteroatoms. The van der Waals surface area contributed by atoms with Crippen molar-refractivity contribution in [3.05, 3.63) is 47.7 Å². The van der Waals surface area contributed by atoms with Crippen LogP contribution in [-0.4, -0.2) is 66.2 Å². The Kier molecular flexibility index (Phi) is 9.72. The predicted molar refractivity (Wildman–Crippen MR) is 129 cm³/mol. The van der Waals surface area contributed by atoms with E-state index in [-0.39, 0.29) is 30.1 Å². The Morgan fingerprint density at radius 3 is 2.59 bits per heavy atom. The maximum Gasteiger partial charge on any atom is 0.225 e. The van der Waals surface area contributed by atoms with Gasteiger partial charge in [-0.1, -0.05) is 17.7 Å². The number of aliphatic imine (C=N–C) groups is 1. The number of guanidine groups is 1. The van der Waals surface area contributed by atoms with Crippen LogP contribution < -0.4 is 15.0 Å². The maximum absolute atomic E-state index is 6.02. The first kappa shape index (κ1) is 23.5. The number of benzene rings is 1. The Morgan fingerprint density at radius 1 is 1.21 bits per heavy atom. The minimum absolute atomic E-state index is 0. The van der Waals surface area contributed by atoms with Crippen LogP contribution in [0.15, 0.2) is 47.7 Å². The quantitative estimate of drug-likeness (QED) is 0.351. The summed E-state index contributed by atoms with van der Waals surface area (Å²) in [6, 6.07) is 9.27. The number of aromatic nitrogens is 2. The van der Waals surface area contributed by atoms with E-state index in [2.05, 4.69) is 32.0 Å². The fourth-order valence-corrected chi connectivity index (χ4v) is 3.20. The number of piperazine rings is 1. The van der Waals surface area contributed by atoms with E-state index < -0.39 is 0 Å². The number of nitrogens with zero attached hydrogens (tertiary/aromatic N) is 5. The molecule has 1 aromatic heterocycles. The Hall–Kier alpha value is -1.81. The molecule has 1 unspecified atom stereocenters. The summed E-state index contributed by atoms with van der Waals surface area (Å²) >= 11 is 6.02. The van der Waals surface area contributed by atoms with Gasteiger partial charge in [-0.25, -0.2) is 15.0 Å². The van der Waals surface area contributed by atoms with Crippen LogP contribution in [0.25, 0.3) is 0 Å². The molecule has 1 fully saturated rings. The maximum atomic E-state index is 6.02. The molecule has 2 aromatic rings. The van der Waals surface area contributed by atoms with E-state index >= 15 is 0 Å². The Balaban J connectivity index is 0.00000300. The van der Waals surface area contributed by atoms with Crippen LogP contribution in [0.1, 0.15) is 13.8 Å². The molecule has 0 spiro atoms. The summed E-state index contributed by atoms with van der Waals surface area (Å²) in [5.74, 6) is 2.46. The summed E-state index contributed by atoms with van der Waals surface area (Å²) in [5.41, 5.74) is 0. The lowest BCUT2D eigenvalue weighted by Crippen LogP contribution is -2.53. The lowest BCUT2D eigenvalue weighted by molar-refractivity contribution is 0.229. The molecule has 1 saturated heterocycles. The molecule has 1 N–H and O–H groups in total. The molecule has 3 rings (SSSR count). The van der Waals surface area contributed by atoms with Gasteiger partial charge >= 0.3 is 0 Å². The Bertz CT molecular complexity index is 771. The van der Waals surface area contributed by atoms with E-state index in [4.69, 9.17) is 21.3 Å². The standard InChI is InChI=1S/C20H27ClN6O.HI/c1-3-22-19(25-15-16(2)28-18-7-4-6-17(21)14-18)26-10-12-27(13-11-26)20-23-8-5-9-24-20;/h4-9,14,16H,3,10-13,15H2,1-2H3,(H,22,25);1H. The molecule has 0 amide bonds. The SMILES string of the molecule is CCNC(=NCC(C)Oc1cccc(Cl)c1)N1CCN(c2ncccn2)CC1.I. The molecule has 0 radical (unpaired) electrons. The summed E-state index contributed by atoms with van der Waals surface area (Å²) < 4.78 is 5.92. The van der Waals surface area contributed by atoms with Gasteiger partial charge in [0.2, 0.25) is 5.95 Å². The van der Waals surface area contributed by atoms with Crippen LogP contribution in [0.3, 0.4) is 0 Å². The number of ether oxygens (including phenoxy) is 1. The summed E-state index contributed by atoms with van der Waals surface area (Å²) in [6.07, 6.45) is 3.51. The van der Waals surface area contributed by atoms with Crippen molar-refractivity contribution in [2.75, 3.05) is 44.2 Å². The summed E-state index contributed by atoms with van der Waals surface area (Å²) in [5, 5.41) is 4.05. The Labute approximate surface area is 194 Å². The number of nitrogens with one attached hydrogen (secondary N) is 1. The lowest BCUT2D eigenvalue weighted by atomic mass is 10.3. The summed E-state index contributed by atoms with van der Waals surface area (Å²) in [4.78, 5) is 17.9. The molecule has 0 aliphatic carbocycles. The second kappa shape index (κ2) is 12.0. The van der Waals surface area contributed by atoms with Gasteiger partial charge in [0.25, 0.3) is 0 Å². The molecule has 2 heterocycles. The zero-order chi connectivity index (χ0) is 19.8. The second-order valence-corrected chi connectivity index (χ2v) is 7.04. The molecule has 7 nitrogen and oxygen atoms in total. The Morgan fingerprint density at radius 2 is 1.93 bits per heavy atom. The van der Waals surface area contributed by atoms with Gasteiger partial charge in [-0.05, 0) is 38.1 Å². The third-order valence-electron chi connectivity index (χ3n) is 4.38. The van der Waals surface area contributed by atoms with Crippen molar-refractivity contribution < 1.29 is 4.74 Å². The fraction of sp³-hybridized carbons (Fsp3) is 0.450. The normalized spacial score (nSPS) is 15.5. The van der Waals surface area contributed by atoms with Crippen molar-refractivity contribution in [2.45, 2.75) is 20.0 Å².